The molecule has 1 atom stereocenters. The van der Waals surface area contributed by atoms with Gasteiger partial charge in [0.2, 0.25) is 0 Å². The monoisotopic (exact) mass is 318 g/mol. The largest absolute Gasteiger partial charge is 0.345 e. The van der Waals surface area contributed by atoms with Crippen molar-refractivity contribution in [1.29, 1.82) is 0 Å². The summed E-state index contributed by atoms with van der Waals surface area (Å²) in [6.07, 6.45) is 10.6. The van der Waals surface area contributed by atoms with Gasteiger partial charge in [0, 0.05) is 17.8 Å². The first-order chi connectivity index (χ1) is 11.9. The molecule has 0 spiro atoms. The Kier molecular flexibility index (Phi) is 4.13. The van der Waals surface area contributed by atoms with Gasteiger partial charge in [0.05, 0.1) is 11.1 Å². The third kappa shape index (κ3) is 2.74. The third-order valence-corrected chi connectivity index (χ3v) is 4.88. The molecule has 0 bridgehead atoms. The minimum absolute atomic E-state index is 0.517. The predicted octanol–water partition coefficient (Wildman–Crippen LogP) is 4.17. The summed E-state index contributed by atoms with van der Waals surface area (Å²) in [5.41, 5.74) is 5.68. The fourth-order valence-electron chi connectivity index (χ4n) is 3.58. The maximum atomic E-state index is 4.67. The van der Waals surface area contributed by atoms with Gasteiger partial charge in [-0.3, -0.25) is 0 Å². The van der Waals surface area contributed by atoms with Gasteiger partial charge >= 0.3 is 0 Å². The number of rotatable bonds is 3. The van der Waals surface area contributed by atoms with Crippen molar-refractivity contribution in [2.24, 2.45) is 0 Å². The molecule has 0 aliphatic heterocycles. The summed E-state index contributed by atoms with van der Waals surface area (Å²) in [5.74, 6) is 0. The van der Waals surface area contributed by atoms with Crippen LogP contribution in [0.4, 0.5) is 0 Å². The van der Waals surface area contributed by atoms with Crippen LogP contribution in [0.5, 0.6) is 0 Å². The molecule has 4 nitrogen and oxygen atoms in total. The lowest BCUT2D eigenvalue weighted by atomic mass is 9.97. The van der Waals surface area contributed by atoms with E-state index in [1.165, 1.54) is 29.5 Å². The van der Waals surface area contributed by atoms with E-state index >= 15 is 0 Å². The highest BCUT2D eigenvalue weighted by molar-refractivity contribution is 6.00. The zero-order valence-electron chi connectivity index (χ0n) is 13.9. The maximum Gasteiger partial charge on any atom is 0.141 e. The summed E-state index contributed by atoms with van der Waals surface area (Å²) in [6.45, 7) is 0. The quantitative estimate of drug-likeness (QED) is 0.762. The van der Waals surface area contributed by atoms with Crippen LogP contribution >= 0.6 is 0 Å². The SMILES string of the molecule is CNC1CCCC=C(c2ncnc3[nH]cc(-c4ccccc4)c23)C1. The highest BCUT2D eigenvalue weighted by atomic mass is 14.9. The number of hydrogen-bond donors (Lipinski definition) is 2. The highest BCUT2D eigenvalue weighted by Crippen LogP contribution is 2.35. The molecule has 2 heterocycles. The molecule has 2 N–H and O–H groups in total. The fourth-order valence-corrected chi connectivity index (χ4v) is 3.58. The van der Waals surface area contributed by atoms with E-state index in [4.69, 9.17) is 0 Å². The number of aromatic nitrogens is 3. The van der Waals surface area contributed by atoms with Gasteiger partial charge in [0.25, 0.3) is 0 Å². The Labute approximate surface area is 142 Å². The Balaban J connectivity index is 1.87. The van der Waals surface area contributed by atoms with E-state index in [1.807, 2.05) is 12.3 Å². The Morgan fingerprint density at radius 1 is 1.17 bits per heavy atom. The standard InChI is InChI=1S/C20H22N4/c1-21-16-10-6-5-9-15(11-16)19-18-17(14-7-3-2-4-8-14)12-22-20(18)24-13-23-19/h2-4,7-9,12-13,16,21H,5-6,10-11H2,1H3,(H,22,23,24). The van der Waals surface area contributed by atoms with Crippen LogP contribution in [-0.2, 0) is 0 Å². The van der Waals surface area contributed by atoms with Gasteiger partial charge < -0.3 is 10.3 Å². The van der Waals surface area contributed by atoms with Gasteiger partial charge in [0.1, 0.15) is 12.0 Å². The van der Waals surface area contributed by atoms with E-state index < -0.39 is 0 Å². The molecular weight excluding hydrogens is 296 g/mol. The van der Waals surface area contributed by atoms with Crippen molar-refractivity contribution < 1.29 is 0 Å². The average molecular weight is 318 g/mol. The van der Waals surface area contributed by atoms with Crippen molar-refractivity contribution >= 4 is 16.6 Å². The molecule has 0 radical (unpaired) electrons. The zero-order valence-corrected chi connectivity index (χ0v) is 13.9. The molecule has 1 aromatic carbocycles. The zero-order chi connectivity index (χ0) is 16.4. The molecule has 4 heteroatoms. The van der Waals surface area contributed by atoms with Gasteiger partial charge in [-0.2, -0.15) is 0 Å². The Hall–Kier alpha value is -2.46. The second-order valence-electron chi connectivity index (χ2n) is 6.36. The summed E-state index contributed by atoms with van der Waals surface area (Å²) in [6, 6.07) is 11.0. The van der Waals surface area contributed by atoms with Crippen LogP contribution in [0, 0.1) is 0 Å². The van der Waals surface area contributed by atoms with Crippen LogP contribution in [0.25, 0.3) is 27.7 Å². The number of allylic oxidation sites excluding steroid dienone is 1. The molecule has 0 saturated heterocycles. The lowest BCUT2D eigenvalue weighted by Crippen LogP contribution is -2.24. The topological polar surface area (TPSA) is 53.6 Å². The summed E-state index contributed by atoms with van der Waals surface area (Å²) in [7, 11) is 2.05. The Morgan fingerprint density at radius 2 is 2.04 bits per heavy atom. The molecule has 0 saturated carbocycles. The van der Waals surface area contributed by atoms with Crippen molar-refractivity contribution in [2.75, 3.05) is 7.05 Å². The van der Waals surface area contributed by atoms with Gasteiger partial charge in [-0.05, 0) is 43.9 Å². The first kappa shape index (κ1) is 15.1. The molecule has 4 rings (SSSR count). The van der Waals surface area contributed by atoms with Gasteiger partial charge in [-0.25, -0.2) is 9.97 Å². The van der Waals surface area contributed by atoms with Crippen molar-refractivity contribution in [1.82, 2.24) is 20.3 Å². The lowest BCUT2D eigenvalue weighted by molar-refractivity contribution is 0.525. The summed E-state index contributed by atoms with van der Waals surface area (Å²) >= 11 is 0. The highest BCUT2D eigenvalue weighted by Gasteiger charge is 2.19. The molecule has 122 valence electrons. The molecule has 1 aliphatic rings. The predicted molar refractivity (Wildman–Crippen MR) is 98.6 cm³/mol. The molecule has 0 fully saturated rings. The van der Waals surface area contributed by atoms with Crippen LogP contribution in [0.15, 0.2) is 48.9 Å². The van der Waals surface area contributed by atoms with Crippen LogP contribution in [-0.4, -0.2) is 28.0 Å². The molecule has 2 aromatic heterocycles. The Morgan fingerprint density at radius 3 is 2.88 bits per heavy atom. The van der Waals surface area contributed by atoms with Crippen molar-refractivity contribution in [2.45, 2.75) is 31.7 Å². The molecule has 3 aromatic rings. The second kappa shape index (κ2) is 6.57. The second-order valence-corrected chi connectivity index (χ2v) is 6.36. The summed E-state index contributed by atoms with van der Waals surface area (Å²) in [4.78, 5) is 12.4. The first-order valence-electron chi connectivity index (χ1n) is 8.61. The summed E-state index contributed by atoms with van der Waals surface area (Å²) < 4.78 is 0. The first-order valence-corrected chi connectivity index (χ1v) is 8.61. The lowest BCUT2D eigenvalue weighted by Gasteiger charge is -2.15. The number of H-pyrrole nitrogens is 1. The van der Waals surface area contributed by atoms with E-state index in [2.05, 4.69) is 57.7 Å². The fraction of sp³-hybridized carbons (Fsp3) is 0.300. The average Bonchev–Trinajstić information content (AvgIpc) is 2.93. The third-order valence-electron chi connectivity index (χ3n) is 4.88. The van der Waals surface area contributed by atoms with Crippen LogP contribution < -0.4 is 5.32 Å². The number of nitrogens with zero attached hydrogens (tertiary/aromatic N) is 2. The normalized spacial score (nSPS) is 18.4. The van der Waals surface area contributed by atoms with E-state index in [1.54, 1.807) is 6.33 Å². The van der Waals surface area contributed by atoms with Crippen molar-refractivity contribution in [3.05, 3.63) is 54.6 Å². The molecular formula is C20H22N4. The van der Waals surface area contributed by atoms with Crippen LogP contribution in [0.2, 0.25) is 0 Å². The molecule has 1 unspecified atom stereocenters. The van der Waals surface area contributed by atoms with Crippen LogP contribution in [0.3, 0.4) is 0 Å². The van der Waals surface area contributed by atoms with Crippen molar-refractivity contribution in [3.8, 4) is 11.1 Å². The van der Waals surface area contributed by atoms with E-state index in [0.29, 0.717) is 6.04 Å². The molecule has 0 amide bonds. The van der Waals surface area contributed by atoms with Gasteiger partial charge in [0.15, 0.2) is 0 Å². The van der Waals surface area contributed by atoms with Gasteiger partial charge in [-0.15, -0.1) is 0 Å². The number of benzene rings is 1. The number of nitrogens with one attached hydrogen (secondary N) is 2. The van der Waals surface area contributed by atoms with Crippen molar-refractivity contribution in [3.63, 3.8) is 0 Å². The molecule has 24 heavy (non-hydrogen) atoms. The molecule has 1 aliphatic carbocycles. The van der Waals surface area contributed by atoms with E-state index in [-0.39, 0.29) is 0 Å². The van der Waals surface area contributed by atoms with E-state index in [9.17, 15) is 0 Å². The number of hydrogen-bond acceptors (Lipinski definition) is 3. The maximum absolute atomic E-state index is 4.67. The Bertz CT molecular complexity index is 864. The summed E-state index contributed by atoms with van der Waals surface area (Å²) in [5, 5.41) is 4.57. The number of fused-ring (bicyclic) bond motifs is 1. The smallest absolute Gasteiger partial charge is 0.141 e. The minimum atomic E-state index is 0.517. The number of aromatic amines is 1. The minimum Gasteiger partial charge on any atom is -0.345 e. The van der Waals surface area contributed by atoms with Gasteiger partial charge in [-0.1, -0.05) is 36.4 Å². The van der Waals surface area contributed by atoms with E-state index in [0.717, 1.165) is 29.6 Å². The van der Waals surface area contributed by atoms with Crippen LogP contribution in [0.1, 0.15) is 31.4 Å².